The van der Waals surface area contributed by atoms with E-state index in [1.807, 2.05) is 30.5 Å². The fourth-order valence-corrected chi connectivity index (χ4v) is 4.03. The third kappa shape index (κ3) is 4.58. The molecular formula is C21H28N6O. The SMILES string of the molecule is O=C(NC1CCCCCC1)c1cc(N2CCN(c3ccccn3)CC2)ncn1. The number of aromatic nitrogens is 3. The summed E-state index contributed by atoms with van der Waals surface area (Å²) in [5, 5.41) is 3.17. The number of piperazine rings is 1. The molecule has 0 bridgehead atoms. The van der Waals surface area contributed by atoms with Crippen molar-refractivity contribution in [2.24, 2.45) is 0 Å². The van der Waals surface area contributed by atoms with Gasteiger partial charge in [-0.15, -0.1) is 0 Å². The minimum absolute atomic E-state index is 0.0809. The maximum atomic E-state index is 12.7. The van der Waals surface area contributed by atoms with Gasteiger partial charge in [0.1, 0.15) is 23.7 Å². The molecule has 7 heteroatoms. The van der Waals surface area contributed by atoms with Crippen LogP contribution >= 0.6 is 0 Å². The van der Waals surface area contributed by atoms with E-state index < -0.39 is 0 Å². The summed E-state index contributed by atoms with van der Waals surface area (Å²) in [6, 6.07) is 8.08. The molecule has 4 rings (SSSR count). The molecule has 3 heterocycles. The zero-order chi connectivity index (χ0) is 19.2. The Morgan fingerprint density at radius 1 is 0.893 bits per heavy atom. The highest BCUT2D eigenvalue weighted by atomic mass is 16.1. The van der Waals surface area contributed by atoms with Gasteiger partial charge in [-0.25, -0.2) is 15.0 Å². The second kappa shape index (κ2) is 8.99. The Kier molecular flexibility index (Phi) is 5.99. The Bertz CT molecular complexity index is 767. The van der Waals surface area contributed by atoms with Gasteiger partial charge < -0.3 is 15.1 Å². The highest BCUT2D eigenvalue weighted by Gasteiger charge is 2.21. The first kappa shape index (κ1) is 18.7. The lowest BCUT2D eigenvalue weighted by atomic mass is 10.1. The maximum Gasteiger partial charge on any atom is 0.270 e. The number of rotatable bonds is 4. The second-order valence-electron chi connectivity index (χ2n) is 7.59. The second-order valence-corrected chi connectivity index (χ2v) is 7.59. The van der Waals surface area contributed by atoms with E-state index in [0.29, 0.717) is 5.69 Å². The van der Waals surface area contributed by atoms with Crippen LogP contribution in [-0.2, 0) is 0 Å². The van der Waals surface area contributed by atoms with E-state index >= 15 is 0 Å². The van der Waals surface area contributed by atoms with Gasteiger partial charge in [0.15, 0.2) is 0 Å². The predicted molar refractivity (Wildman–Crippen MR) is 110 cm³/mol. The summed E-state index contributed by atoms with van der Waals surface area (Å²) in [6.07, 6.45) is 10.4. The Labute approximate surface area is 166 Å². The van der Waals surface area contributed by atoms with Crippen molar-refractivity contribution in [3.05, 3.63) is 42.5 Å². The van der Waals surface area contributed by atoms with Crippen molar-refractivity contribution in [3.8, 4) is 0 Å². The van der Waals surface area contributed by atoms with Gasteiger partial charge in [-0.2, -0.15) is 0 Å². The van der Waals surface area contributed by atoms with Crippen LogP contribution in [0.25, 0.3) is 0 Å². The minimum Gasteiger partial charge on any atom is -0.353 e. The Hall–Kier alpha value is -2.70. The number of hydrogen-bond donors (Lipinski definition) is 1. The standard InChI is InChI=1S/C21H28N6O/c28-21(25-17-7-3-1-2-4-8-17)18-15-20(24-16-23-18)27-13-11-26(12-14-27)19-9-5-6-10-22-19/h5-6,9-10,15-17H,1-4,7-8,11-14H2,(H,25,28). The smallest absolute Gasteiger partial charge is 0.270 e. The molecule has 2 fully saturated rings. The number of carbonyl (C=O) groups excluding carboxylic acids is 1. The number of hydrogen-bond acceptors (Lipinski definition) is 6. The van der Waals surface area contributed by atoms with E-state index in [0.717, 1.165) is 50.7 Å². The first-order chi connectivity index (χ1) is 13.8. The van der Waals surface area contributed by atoms with Crippen molar-refractivity contribution in [1.82, 2.24) is 20.3 Å². The molecule has 0 atom stereocenters. The number of nitrogens with one attached hydrogen (secondary N) is 1. The van der Waals surface area contributed by atoms with Gasteiger partial charge in [0.25, 0.3) is 5.91 Å². The molecule has 2 aliphatic rings. The lowest BCUT2D eigenvalue weighted by molar-refractivity contribution is 0.0928. The van der Waals surface area contributed by atoms with E-state index in [-0.39, 0.29) is 11.9 Å². The van der Waals surface area contributed by atoms with Crippen LogP contribution in [0.1, 0.15) is 49.0 Å². The number of amides is 1. The first-order valence-electron chi connectivity index (χ1n) is 10.3. The molecule has 2 aromatic heterocycles. The molecule has 28 heavy (non-hydrogen) atoms. The van der Waals surface area contributed by atoms with E-state index in [9.17, 15) is 4.79 Å². The summed E-state index contributed by atoms with van der Waals surface area (Å²) >= 11 is 0. The van der Waals surface area contributed by atoms with Gasteiger partial charge in [0, 0.05) is 44.5 Å². The van der Waals surface area contributed by atoms with Crippen LogP contribution in [0.2, 0.25) is 0 Å². The third-order valence-corrected chi connectivity index (χ3v) is 5.65. The van der Waals surface area contributed by atoms with Crippen LogP contribution in [0.4, 0.5) is 11.6 Å². The van der Waals surface area contributed by atoms with Crippen LogP contribution in [-0.4, -0.2) is 53.1 Å². The van der Waals surface area contributed by atoms with E-state index in [2.05, 4.69) is 30.1 Å². The van der Waals surface area contributed by atoms with Crippen molar-refractivity contribution in [2.75, 3.05) is 36.0 Å². The molecule has 148 valence electrons. The van der Waals surface area contributed by atoms with Crippen LogP contribution in [0.3, 0.4) is 0 Å². The normalized spacial score (nSPS) is 18.6. The Balaban J connectivity index is 1.36. The topological polar surface area (TPSA) is 74.2 Å². The highest BCUT2D eigenvalue weighted by Crippen LogP contribution is 2.19. The number of anilines is 2. The molecule has 1 amide bonds. The van der Waals surface area contributed by atoms with Gasteiger partial charge in [-0.1, -0.05) is 31.7 Å². The molecule has 1 aliphatic carbocycles. The van der Waals surface area contributed by atoms with Crippen molar-refractivity contribution >= 4 is 17.5 Å². The molecule has 1 saturated carbocycles. The monoisotopic (exact) mass is 380 g/mol. The maximum absolute atomic E-state index is 12.7. The fourth-order valence-electron chi connectivity index (χ4n) is 4.03. The number of carbonyl (C=O) groups is 1. The van der Waals surface area contributed by atoms with Crippen LogP contribution in [0.15, 0.2) is 36.8 Å². The molecule has 0 unspecified atom stereocenters. The van der Waals surface area contributed by atoms with Crippen molar-refractivity contribution < 1.29 is 4.79 Å². The van der Waals surface area contributed by atoms with Crippen LogP contribution < -0.4 is 15.1 Å². The lowest BCUT2D eigenvalue weighted by Crippen LogP contribution is -2.47. The van der Waals surface area contributed by atoms with Gasteiger partial charge in [0.2, 0.25) is 0 Å². The fraction of sp³-hybridized carbons (Fsp3) is 0.524. The zero-order valence-corrected chi connectivity index (χ0v) is 16.3. The molecule has 1 N–H and O–H groups in total. The minimum atomic E-state index is -0.0809. The quantitative estimate of drug-likeness (QED) is 0.822. The zero-order valence-electron chi connectivity index (χ0n) is 16.3. The summed E-state index contributed by atoms with van der Waals surface area (Å²) in [6.45, 7) is 3.45. The average molecular weight is 380 g/mol. The molecular weight excluding hydrogens is 352 g/mol. The lowest BCUT2D eigenvalue weighted by Gasteiger charge is -2.36. The van der Waals surface area contributed by atoms with Crippen molar-refractivity contribution in [3.63, 3.8) is 0 Å². The van der Waals surface area contributed by atoms with Crippen molar-refractivity contribution in [2.45, 2.75) is 44.6 Å². The summed E-state index contributed by atoms with van der Waals surface area (Å²) < 4.78 is 0. The highest BCUT2D eigenvalue weighted by molar-refractivity contribution is 5.93. The van der Waals surface area contributed by atoms with Gasteiger partial charge in [-0.3, -0.25) is 4.79 Å². The summed E-state index contributed by atoms with van der Waals surface area (Å²) in [5.74, 6) is 1.75. The summed E-state index contributed by atoms with van der Waals surface area (Å²) in [4.78, 5) is 30.2. The third-order valence-electron chi connectivity index (χ3n) is 5.65. The van der Waals surface area contributed by atoms with E-state index in [1.165, 1.54) is 32.0 Å². The van der Waals surface area contributed by atoms with E-state index in [1.54, 1.807) is 0 Å². The van der Waals surface area contributed by atoms with Gasteiger partial charge in [0.05, 0.1) is 0 Å². The van der Waals surface area contributed by atoms with Gasteiger partial charge >= 0.3 is 0 Å². The van der Waals surface area contributed by atoms with Crippen molar-refractivity contribution in [1.29, 1.82) is 0 Å². The number of nitrogens with zero attached hydrogens (tertiary/aromatic N) is 5. The molecule has 1 saturated heterocycles. The van der Waals surface area contributed by atoms with E-state index in [4.69, 9.17) is 0 Å². The largest absolute Gasteiger partial charge is 0.353 e. The average Bonchev–Trinajstić information content (AvgIpc) is 3.03. The predicted octanol–water partition coefficient (Wildman–Crippen LogP) is 2.65. The molecule has 1 aliphatic heterocycles. The Morgan fingerprint density at radius 2 is 1.61 bits per heavy atom. The Morgan fingerprint density at radius 3 is 2.29 bits per heavy atom. The van der Waals surface area contributed by atoms with Gasteiger partial charge in [-0.05, 0) is 25.0 Å². The van der Waals surface area contributed by atoms with Crippen LogP contribution in [0, 0.1) is 0 Å². The molecule has 0 radical (unpaired) electrons. The first-order valence-corrected chi connectivity index (χ1v) is 10.3. The molecule has 2 aromatic rings. The molecule has 0 aromatic carbocycles. The summed E-state index contributed by atoms with van der Waals surface area (Å²) in [7, 11) is 0. The summed E-state index contributed by atoms with van der Waals surface area (Å²) in [5.41, 5.74) is 0.460. The number of pyridine rings is 1. The molecule has 7 nitrogen and oxygen atoms in total. The molecule has 0 spiro atoms. The van der Waals surface area contributed by atoms with Crippen LogP contribution in [0.5, 0.6) is 0 Å².